The maximum absolute atomic E-state index is 5.97. The van der Waals surface area contributed by atoms with Crippen LogP contribution in [-0.4, -0.2) is 25.3 Å². The van der Waals surface area contributed by atoms with Crippen molar-refractivity contribution in [3.8, 4) is 0 Å². The molecule has 1 aromatic rings. The lowest BCUT2D eigenvalue weighted by atomic mass is 10.1. The molecule has 3 atom stereocenters. The van der Waals surface area contributed by atoms with Gasteiger partial charge in [0.15, 0.2) is 0 Å². The number of nitrogens with one attached hydrogen (secondary N) is 1. The Morgan fingerprint density at radius 1 is 1.29 bits per heavy atom. The summed E-state index contributed by atoms with van der Waals surface area (Å²) < 4.78 is 5.30. The van der Waals surface area contributed by atoms with Gasteiger partial charge in [0.25, 0.3) is 0 Å². The van der Waals surface area contributed by atoms with E-state index in [2.05, 4.69) is 32.2 Å². The Kier molecular flexibility index (Phi) is 5.96. The number of halogens is 1. The minimum absolute atomic E-state index is 0.219. The van der Waals surface area contributed by atoms with Gasteiger partial charge in [-0.05, 0) is 44.9 Å². The third-order valence-electron chi connectivity index (χ3n) is 3.05. The Balaban J connectivity index is 2.47. The summed E-state index contributed by atoms with van der Waals surface area (Å²) in [6.07, 6.45) is 1.19. The molecule has 1 aromatic carbocycles. The standard InChI is InChI=1S/C14H22ClNO/c1-10(16-11(2)12(3)17-4)8-13-6-5-7-14(15)9-13/h5-7,9-12,16H,8H2,1-4H3. The van der Waals surface area contributed by atoms with Gasteiger partial charge < -0.3 is 10.1 Å². The summed E-state index contributed by atoms with van der Waals surface area (Å²) in [5.74, 6) is 0. The number of methoxy groups -OCH3 is 1. The number of benzene rings is 1. The average molecular weight is 256 g/mol. The summed E-state index contributed by atoms with van der Waals surface area (Å²) in [7, 11) is 1.74. The average Bonchev–Trinajstić information content (AvgIpc) is 2.27. The van der Waals surface area contributed by atoms with E-state index in [1.165, 1.54) is 5.56 Å². The molecule has 0 aliphatic heterocycles. The van der Waals surface area contributed by atoms with Crippen molar-refractivity contribution >= 4 is 11.6 Å². The molecule has 3 heteroatoms. The van der Waals surface area contributed by atoms with Gasteiger partial charge in [-0.1, -0.05) is 23.7 Å². The lowest BCUT2D eigenvalue weighted by Gasteiger charge is -2.24. The van der Waals surface area contributed by atoms with Crippen molar-refractivity contribution in [1.29, 1.82) is 0 Å². The summed E-state index contributed by atoms with van der Waals surface area (Å²) in [5, 5.41) is 4.33. The predicted octanol–water partition coefficient (Wildman–Crippen LogP) is 3.28. The lowest BCUT2D eigenvalue weighted by molar-refractivity contribution is 0.0852. The van der Waals surface area contributed by atoms with Crippen LogP contribution in [0.2, 0.25) is 5.02 Å². The Morgan fingerprint density at radius 3 is 2.59 bits per heavy atom. The molecule has 0 spiro atoms. The zero-order chi connectivity index (χ0) is 12.8. The highest BCUT2D eigenvalue weighted by Gasteiger charge is 2.13. The third-order valence-corrected chi connectivity index (χ3v) is 3.29. The van der Waals surface area contributed by atoms with Gasteiger partial charge in [-0.2, -0.15) is 0 Å². The van der Waals surface area contributed by atoms with Crippen LogP contribution in [0, 0.1) is 0 Å². The first kappa shape index (κ1) is 14.5. The van der Waals surface area contributed by atoms with Gasteiger partial charge in [0, 0.05) is 24.2 Å². The fourth-order valence-electron chi connectivity index (χ4n) is 1.86. The van der Waals surface area contributed by atoms with Crippen LogP contribution in [0.3, 0.4) is 0 Å². The SMILES string of the molecule is COC(C)C(C)NC(C)Cc1cccc(Cl)c1. The molecule has 3 unspecified atom stereocenters. The summed E-state index contributed by atoms with van der Waals surface area (Å²) in [6, 6.07) is 8.76. The van der Waals surface area contributed by atoms with E-state index in [4.69, 9.17) is 16.3 Å². The van der Waals surface area contributed by atoms with E-state index in [-0.39, 0.29) is 6.10 Å². The minimum Gasteiger partial charge on any atom is -0.380 e. The molecule has 2 nitrogen and oxygen atoms in total. The van der Waals surface area contributed by atoms with Crippen molar-refractivity contribution in [2.75, 3.05) is 7.11 Å². The molecule has 0 aliphatic rings. The number of hydrogen-bond donors (Lipinski definition) is 1. The quantitative estimate of drug-likeness (QED) is 0.842. The van der Waals surface area contributed by atoms with E-state index in [9.17, 15) is 0 Å². The van der Waals surface area contributed by atoms with Crippen LogP contribution in [0.1, 0.15) is 26.3 Å². The zero-order valence-corrected chi connectivity index (χ0v) is 11.8. The molecule has 0 amide bonds. The molecule has 0 saturated heterocycles. The number of hydrogen-bond acceptors (Lipinski definition) is 2. The first-order valence-corrected chi connectivity index (χ1v) is 6.44. The molecule has 0 aromatic heterocycles. The van der Waals surface area contributed by atoms with Gasteiger partial charge >= 0.3 is 0 Å². The molecule has 0 radical (unpaired) electrons. The molecular weight excluding hydrogens is 234 g/mol. The highest BCUT2D eigenvalue weighted by molar-refractivity contribution is 6.30. The molecule has 0 heterocycles. The fraction of sp³-hybridized carbons (Fsp3) is 0.571. The lowest BCUT2D eigenvalue weighted by Crippen LogP contribution is -2.42. The van der Waals surface area contributed by atoms with Crippen LogP contribution < -0.4 is 5.32 Å². The van der Waals surface area contributed by atoms with Crippen LogP contribution >= 0.6 is 11.6 Å². The van der Waals surface area contributed by atoms with Crippen LogP contribution in [0.15, 0.2) is 24.3 Å². The molecule has 0 saturated carbocycles. The van der Waals surface area contributed by atoms with Gasteiger partial charge in [0.2, 0.25) is 0 Å². The van der Waals surface area contributed by atoms with E-state index in [0.717, 1.165) is 11.4 Å². The first-order valence-electron chi connectivity index (χ1n) is 6.06. The van der Waals surface area contributed by atoms with E-state index >= 15 is 0 Å². The second-order valence-corrected chi connectivity index (χ2v) is 5.07. The first-order chi connectivity index (χ1) is 8.02. The molecule has 1 rings (SSSR count). The Labute approximate surface area is 109 Å². The summed E-state index contributed by atoms with van der Waals surface area (Å²) in [4.78, 5) is 0. The van der Waals surface area contributed by atoms with Gasteiger partial charge in [-0.15, -0.1) is 0 Å². The van der Waals surface area contributed by atoms with Crippen molar-refractivity contribution in [2.45, 2.75) is 45.4 Å². The molecular formula is C14H22ClNO. The molecule has 17 heavy (non-hydrogen) atoms. The Bertz CT molecular complexity index is 343. The van der Waals surface area contributed by atoms with Crippen LogP contribution in [0.5, 0.6) is 0 Å². The van der Waals surface area contributed by atoms with Gasteiger partial charge in [0.05, 0.1) is 6.10 Å². The summed E-state index contributed by atoms with van der Waals surface area (Å²) in [5.41, 5.74) is 1.26. The second-order valence-electron chi connectivity index (χ2n) is 4.63. The van der Waals surface area contributed by atoms with Crippen molar-refractivity contribution in [3.63, 3.8) is 0 Å². The van der Waals surface area contributed by atoms with E-state index in [1.807, 2.05) is 18.2 Å². The topological polar surface area (TPSA) is 21.3 Å². The molecule has 0 fully saturated rings. The zero-order valence-electron chi connectivity index (χ0n) is 11.0. The van der Waals surface area contributed by atoms with Gasteiger partial charge in [-0.3, -0.25) is 0 Å². The van der Waals surface area contributed by atoms with Crippen LogP contribution in [0.25, 0.3) is 0 Å². The minimum atomic E-state index is 0.219. The summed E-state index contributed by atoms with van der Waals surface area (Å²) in [6.45, 7) is 6.40. The van der Waals surface area contributed by atoms with Crippen molar-refractivity contribution in [2.24, 2.45) is 0 Å². The fourth-order valence-corrected chi connectivity index (χ4v) is 2.08. The largest absolute Gasteiger partial charge is 0.380 e. The normalized spacial score (nSPS) is 16.5. The Hall–Kier alpha value is -0.570. The molecule has 0 bridgehead atoms. The van der Waals surface area contributed by atoms with Gasteiger partial charge in [-0.25, -0.2) is 0 Å². The highest BCUT2D eigenvalue weighted by atomic mass is 35.5. The van der Waals surface area contributed by atoms with Crippen LogP contribution in [0.4, 0.5) is 0 Å². The third kappa shape index (κ3) is 5.07. The van der Waals surface area contributed by atoms with E-state index < -0.39 is 0 Å². The monoisotopic (exact) mass is 255 g/mol. The smallest absolute Gasteiger partial charge is 0.0693 e. The van der Waals surface area contributed by atoms with E-state index in [0.29, 0.717) is 12.1 Å². The van der Waals surface area contributed by atoms with Crippen LogP contribution in [-0.2, 0) is 11.2 Å². The maximum atomic E-state index is 5.97. The maximum Gasteiger partial charge on any atom is 0.0693 e. The summed E-state index contributed by atoms with van der Waals surface area (Å²) >= 11 is 5.97. The molecule has 96 valence electrons. The predicted molar refractivity (Wildman–Crippen MR) is 73.7 cm³/mol. The van der Waals surface area contributed by atoms with Crippen molar-refractivity contribution in [3.05, 3.63) is 34.9 Å². The van der Waals surface area contributed by atoms with Gasteiger partial charge in [0.1, 0.15) is 0 Å². The Morgan fingerprint density at radius 2 is 2.00 bits per heavy atom. The molecule has 1 N–H and O–H groups in total. The van der Waals surface area contributed by atoms with Crippen molar-refractivity contribution < 1.29 is 4.74 Å². The number of rotatable bonds is 6. The van der Waals surface area contributed by atoms with Crippen molar-refractivity contribution in [1.82, 2.24) is 5.32 Å². The molecule has 0 aliphatic carbocycles. The number of ether oxygens (including phenoxy) is 1. The van der Waals surface area contributed by atoms with E-state index in [1.54, 1.807) is 7.11 Å². The highest BCUT2D eigenvalue weighted by Crippen LogP contribution is 2.12. The second kappa shape index (κ2) is 7.00.